The van der Waals surface area contributed by atoms with E-state index >= 15 is 0 Å². The SMILES string of the molecule is O=C(Nc1cnn(Cc2cnc(N3C[C@H]4C[C@H]4C3=O)nc2)c1)c1cncc(-c2c(C(F)F)ccc(Cl)c2F)n1. The number of fused-ring (bicyclic) bond motifs is 1. The topological polar surface area (TPSA) is 119 Å². The van der Waals surface area contributed by atoms with Crippen LogP contribution in [0.3, 0.4) is 0 Å². The van der Waals surface area contributed by atoms with Crippen LogP contribution in [0.25, 0.3) is 11.3 Å². The smallest absolute Gasteiger partial charge is 0.275 e. The zero-order valence-corrected chi connectivity index (χ0v) is 20.7. The molecule has 198 valence electrons. The highest BCUT2D eigenvalue weighted by atomic mass is 35.5. The second-order valence-electron chi connectivity index (χ2n) is 9.24. The average molecular weight is 555 g/mol. The number of rotatable bonds is 7. The lowest BCUT2D eigenvalue weighted by Crippen LogP contribution is -2.29. The number of aromatic nitrogens is 6. The monoisotopic (exact) mass is 554 g/mol. The van der Waals surface area contributed by atoms with Gasteiger partial charge in [0, 0.05) is 47.7 Å². The van der Waals surface area contributed by atoms with Crippen molar-refractivity contribution in [1.29, 1.82) is 0 Å². The third-order valence-electron chi connectivity index (χ3n) is 6.58. The highest BCUT2D eigenvalue weighted by Gasteiger charge is 2.53. The van der Waals surface area contributed by atoms with Crippen LogP contribution in [0.2, 0.25) is 5.02 Å². The summed E-state index contributed by atoms with van der Waals surface area (Å²) in [7, 11) is 0. The largest absolute Gasteiger partial charge is 0.318 e. The van der Waals surface area contributed by atoms with Gasteiger partial charge in [0.2, 0.25) is 11.9 Å². The number of piperidine rings is 1. The zero-order valence-electron chi connectivity index (χ0n) is 19.9. The van der Waals surface area contributed by atoms with Crippen LogP contribution in [0.1, 0.15) is 34.5 Å². The molecule has 1 N–H and O–H groups in total. The normalized spacial score (nSPS) is 18.0. The summed E-state index contributed by atoms with van der Waals surface area (Å²) in [6.45, 7) is 0.953. The van der Waals surface area contributed by atoms with Crippen molar-refractivity contribution in [3.63, 3.8) is 0 Å². The van der Waals surface area contributed by atoms with Crippen molar-refractivity contribution in [3.05, 3.63) is 77.0 Å². The highest BCUT2D eigenvalue weighted by Crippen LogP contribution is 2.46. The van der Waals surface area contributed by atoms with Gasteiger partial charge in [0.05, 0.1) is 41.5 Å². The molecular formula is C25H18ClF3N8O2. The number of halogens is 4. The van der Waals surface area contributed by atoms with E-state index in [0.29, 0.717) is 30.6 Å². The molecule has 1 aliphatic carbocycles. The van der Waals surface area contributed by atoms with Gasteiger partial charge in [0.25, 0.3) is 12.3 Å². The average Bonchev–Trinajstić information content (AvgIpc) is 3.46. The van der Waals surface area contributed by atoms with Crippen LogP contribution in [-0.4, -0.2) is 48.1 Å². The first-order valence-electron chi connectivity index (χ1n) is 11.8. The molecule has 2 aliphatic rings. The fourth-order valence-corrected chi connectivity index (χ4v) is 4.68. The predicted molar refractivity (Wildman–Crippen MR) is 133 cm³/mol. The third-order valence-corrected chi connectivity index (χ3v) is 6.87. The first kappa shape index (κ1) is 24.9. The fourth-order valence-electron chi connectivity index (χ4n) is 4.53. The van der Waals surface area contributed by atoms with E-state index in [-0.39, 0.29) is 28.2 Å². The van der Waals surface area contributed by atoms with Crippen molar-refractivity contribution >= 4 is 35.1 Å². The van der Waals surface area contributed by atoms with Crippen molar-refractivity contribution < 1.29 is 22.8 Å². The Kier molecular flexibility index (Phi) is 6.22. The van der Waals surface area contributed by atoms with Crippen LogP contribution < -0.4 is 10.2 Å². The van der Waals surface area contributed by atoms with Crippen molar-refractivity contribution in [2.24, 2.45) is 11.8 Å². The summed E-state index contributed by atoms with van der Waals surface area (Å²) in [5, 5.41) is 6.44. The summed E-state index contributed by atoms with van der Waals surface area (Å²) in [4.78, 5) is 43.1. The van der Waals surface area contributed by atoms with Gasteiger partial charge in [-0.05, 0) is 18.4 Å². The number of amides is 2. The molecule has 2 amide bonds. The summed E-state index contributed by atoms with van der Waals surface area (Å²) in [6, 6.07) is 2.03. The molecule has 1 saturated heterocycles. The Labute approximate surface area is 223 Å². The van der Waals surface area contributed by atoms with Crippen LogP contribution >= 0.6 is 11.6 Å². The van der Waals surface area contributed by atoms with Gasteiger partial charge in [-0.2, -0.15) is 5.10 Å². The number of hydrogen-bond acceptors (Lipinski definition) is 7. The Hall–Kier alpha value is -4.39. The first-order chi connectivity index (χ1) is 18.8. The molecule has 4 heterocycles. The fraction of sp³-hybridized carbons (Fsp3) is 0.240. The number of nitrogens with one attached hydrogen (secondary N) is 1. The van der Waals surface area contributed by atoms with E-state index in [2.05, 4.69) is 30.4 Å². The second-order valence-corrected chi connectivity index (χ2v) is 9.65. The van der Waals surface area contributed by atoms with Crippen molar-refractivity contribution in [2.75, 3.05) is 16.8 Å². The molecule has 2 atom stereocenters. The first-order valence-corrected chi connectivity index (χ1v) is 12.2. The van der Waals surface area contributed by atoms with E-state index in [1.807, 2.05) is 0 Å². The number of carbonyl (C=O) groups is 2. The molecule has 1 aromatic carbocycles. The standard InChI is InChI=1S/C25H18ClF3N8O2/c26-17-2-1-15(22(28)29)20(21(17)27)18-7-30-8-19(35-18)23(38)34-14-6-33-36(11-14)9-12-4-31-25(32-5-12)37-10-13-3-16(13)24(37)39/h1-2,4-8,11,13,16,22H,3,9-10H2,(H,34,38)/t13-,16-/m1/s1. The summed E-state index contributed by atoms with van der Waals surface area (Å²) in [6.07, 6.45) is 6.35. The lowest BCUT2D eigenvalue weighted by molar-refractivity contribution is -0.118. The Morgan fingerprint density at radius 2 is 1.95 bits per heavy atom. The van der Waals surface area contributed by atoms with Crippen molar-refractivity contribution in [2.45, 2.75) is 19.4 Å². The summed E-state index contributed by atoms with van der Waals surface area (Å²) in [5.41, 5.74) is -0.567. The van der Waals surface area contributed by atoms with E-state index < -0.39 is 29.3 Å². The molecule has 2 fully saturated rings. The van der Waals surface area contributed by atoms with Crippen LogP contribution in [0, 0.1) is 17.7 Å². The van der Waals surface area contributed by atoms with Crippen LogP contribution in [0.5, 0.6) is 0 Å². The number of carbonyl (C=O) groups excluding carboxylic acids is 2. The summed E-state index contributed by atoms with van der Waals surface area (Å²) >= 11 is 5.78. The molecule has 4 aromatic rings. The van der Waals surface area contributed by atoms with E-state index in [9.17, 15) is 22.8 Å². The Morgan fingerprint density at radius 3 is 2.67 bits per heavy atom. The molecule has 6 rings (SSSR count). The van der Waals surface area contributed by atoms with Gasteiger partial charge in [0.15, 0.2) is 5.82 Å². The van der Waals surface area contributed by atoms with Crippen LogP contribution in [0.4, 0.5) is 24.8 Å². The molecule has 3 aromatic heterocycles. The Bertz CT molecular complexity index is 1600. The number of benzene rings is 1. The molecular weight excluding hydrogens is 537 g/mol. The van der Waals surface area contributed by atoms with Gasteiger partial charge in [-0.25, -0.2) is 28.1 Å². The molecule has 0 spiro atoms. The lowest BCUT2D eigenvalue weighted by atomic mass is 10.0. The van der Waals surface area contributed by atoms with E-state index in [0.717, 1.165) is 36.5 Å². The van der Waals surface area contributed by atoms with Crippen LogP contribution in [-0.2, 0) is 11.3 Å². The number of nitrogens with zero attached hydrogens (tertiary/aromatic N) is 7. The molecule has 39 heavy (non-hydrogen) atoms. The summed E-state index contributed by atoms with van der Waals surface area (Å²) < 4.78 is 43.1. The van der Waals surface area contributed by atoms with E-state index in [4.69, 9.17) is 11.6 Å². The van der Waals surface area contributed by atoms with E-state index in [1.54, 1.807) is 28.2 Å². The van der Waals surface area contributed by atoms with Gasteiger partial charge in [-0.15, -0.1) is 0 Å². The maximum Gasteiger partial charge on any atom is 0.275 e. The Balaban J connectivity index is 1.14. The van der Waals surface area contributed by atoms with Crippen LogP contribution in [0.15, 0.2) is 49.3 Å². The molecule has 1 aliphatic heterocycles. The van der Waals surface area contributed by atoms with Crippen molar-refractivity contribution in [1.82, 2.24) is 29.7 Å². The molecule has 0 unspecified atom stereocenters. The van der Waals surface area contributed by atoms with Gasteiger partial charge >= 0.3 is 0 Å². The van der Waals surface area contributed by atoms with E-state index in [1.165, 1.54) is 6.20 Å². The number of hydrogen-bond donors (Lipinski definition) is 1. The summed E-state index contributed by atoms with van der Waals surface area (Å²) in [5.74, 6) is -0.796. The number of alkyl halides is 2. The Morgan fingerprint density at radius 1 is 1.15 bits per heavy atom. The lowest BCUT2D eigenvalue weighted by Gasteiger charge is -2.15. The molecule has 10 nitrogen and oxygen atoms in total. The minimum atomic E-state index is -2.99. The third kappa shape index (κ3) is 4.80. The molecule has 0 radical (unpaired) electrons. The maximum atomic E-state index is 14.6. The minimum Gasteiger partial charge on any atom is -0.318 e. The van der Waals surface area contributed by atoms with Gasteiger partial charge in [0.1, 0.15) is 5.69 Å². The second kappa shape index (κ2) is 9.73. The van der Waals surface area contributed by atoms with Gasteiger partial charge in [-0.1, -0.05) is 17.7 Å². The highest BCUT2D eigenvalue weighted by molar-refractivity contribution is 6.31. The van der Waals surface area contributed by atoms with Gasteiger partial charge in [-0.3, -0.25) is 24.2 Å². The zero-order chi connectivity index (χ0) is 27.3. The number of anilines is 2. The molecule has 0 bridgehead atoms. The molecule has 14 heteroatoms. The predicted octanol–water partition coefficient (Wildman–Crippen LogP) is 4.14. The maximum absolute atomic E-state index is 14.6. The quantitative estimate of drug-likeness (QED) is 0.364. The van der Waals surface area contributed by atoms with Crippen molar-refractivity contribution in [3.8, 4) is 11.3 Å². The molecule has 1 saturated carbocycles. The van der Waals surface area contributed by atoms with Gasteiger partial charge < -0.3 is 5.32 Å². The minimum absolute atomic E-state index is 0.0719.